The van der Waals surface area contributed by atoms with Gasteiger partial charge in [0.2, 0.25) is 0 Å². The summed E-state index contributed by atoms with van der Waals surface area (Å²) < 4.78 is 7.23. The minimum atomic E-state index is -0.280. The normalized spacial score (nSPS) is 15.7. The number of benzene rings is 2. The second kappa shape index (κ2) is 7.23. The molecule has 0 amide bonds. The Bertz CT molecular complexity index is 1130. The van der Waals surface area contributed by atoms with Crippen LogP contribution in [0.2, 0.25) is 10.0 Å². The van der Waals surface area contributed by atoms with Gasteiger partial charge in [0.1, 0.15) is 12.4 Å². The van der Waals surface area contributed by atoms with Gasteiger partial charge in [-0.2, -0.15) is 0 Å². The molecule has 2 heterocycles. The minimum Gasteiger partial charge on any atom is -0.484 e. The van der Waals surface area contributed by atoms with E-state index in [0.29, 0.717) is 21.5 Å². The van der Waals surface area contributed by atoms with E-state index in [2.05, 4.69) is 0 Å². The Balaban J connectivity index is 1.63. The van der Waals surface area contributed by atoms with Gasteiger partial charge in [0.25, 0.3) is 5.56 Å². The maximum Gasteiger partial charge on any atom is 0.250 e. The highest BCUT2D eigenvalue weighted by Gasteiger charge is 2.31. The van der Waals surface area contributed by atoms with Crippen molar-refractivity contribution in [2.24, 2.45) is 7.05 Å². The van der Waals surface area contributed by atoms with Crippen LogP contribution in [0.5, 0.6) is 5.75 Å². The van der Waals surface area contributed by atoms with Crippen molar-refractivity contribution in [3.8, 4) is 5.75 Å². The van der Waals surface area contributed by atoms with Crippen molar-refractivity contribution in [3.63, 3.8) is 0 Å². The van der Waals surface area contributed by atoms with Crippen molar-refractivity contribution in [2.45, 2.75) is 10.8 Å². The van der Waals surface area contributed by atoms with Gasteiger partial charge >= 0.3 is 0 Å². The van der Waals surface area contributed by atoms with Crippen LogP contribution in [0.15, 0.2) is 52.2 Å². The Kier molecular flexibility index (Phi) is 4.93. The summed E-state index contributed by atoms with van der Waals surface area (Å²) >= 11 is 13.6. The predicted octanol–water partition coefficient (Wildman–Crippen LogP) is 4.68. The van der Waals surface area contributed by atoms with E-state index < -0.39 is 0 Å². The molecule has 3 aromatic rings. The lowest BCUT2D eigenvalue weighted by molar-refractivity contribution is -0.121. The van der Waals surface area contributed by atoms with Gasteiger partial charge in [0, 0.05) is 34.2 Å². The molecular formula is C20H15Cl2NO3S. The predicted molar refractivity (Wildman–Crippen MR) is 110 cm³/mol. The van der Waals surface area contributed by atoms with Crippen LogP contribution in [0, 0.1) is 0 Å². The number of Topliss-reactive ketones (excluding diaryl/α,β-unsaturated/α-hetero) is 1. The highest BCUT2D eigenvalue weighted by Crippen LogP contribution is 2.43. The molecule has 1 aliphatic heterocycles. The van der Waals surface area contributed by atoms with Gasteiger partial charge in [-0.3, -0.25) is 9.59 Å². The third-order valence-corrected chi connectivity index (χ3v) is 6.41. The van der Waals surface area contributed by atoms with E-state index in [1.165, 1.54) is 6.07 Å². The quantitative estimate of drug-likeness (QED) is 0.615. The van der Waals surface area contributed by atoms with E-state index in [1.807, 2.05) is 12.1 Å². The highest BCUT2D eigenvalue weighted by atomic mass is 35.5. The number of hydrogen-bond acceptors (Lipinski definition) is 4. The molecule has 0 spiro atoms. The number of carbonyl (C=O) groups excluding carboxylic acids is 1. The van der Waals surface area contributed by atoms with Crippen LogP contribution >= 0.6 is 35.0 Å². The van der Waals surface area contributed by atoms with Gasteiger partial charge in [-0.15, -0.1) is 11.8 Å². The number of ether oxygens (including phenoxy) is 1. The Labute approximate surface area is 170 Å². The van der Waals surface area contributed by atoms with Crippen LogP contribution in [0.25, 0.3) is 10.9 Å². The number of halogens is 2. The summed E-state index contributed by atoms with van der Waals surface area (Å²) in [7, 11) is 1.74. The maximum atomic E-state index is 12.9. The second-order valence-corrected chi connectivity index (χ2v) is 8.24. The molecule has 1 aliphatic rings. The lowest BCUT2D eigenvalue weighted by atomic mass is 9.93. The van der Waals surface area contributed by atoms with Gasteiger partial charge in [0.05, 0.1) is 16.5 Å². The molecule has 138 valence electrons. The van der Waals surface area contributed by atoms with Crippen molar-refractivity contribution < 1.29 is 9.53 Å². The van der Waals surface area contributed by atoms with E-state index in [4.69, 9.17) is 27.9 Å². The van der Waals surface area contributed by atoms with Crippen LogP contribution in [0.4, 0.5) is 0 Å². The van der Waals surface area contributed by atoms with E-state index >= 15 is 0 Å². The zero-order chi connectivity index (χ0) is 19.1. The lowest BCUT2D eigenvalue weighted by Crippen LogP contribution is -2.21. The summed E-state index contributed by atoms with van der Waals surface area (Å²) in [6, 6.07) is 12.2. The fourth-order valence-electron chi connectivity index (χ4n) is 3.30. The Morgan fingerprint density at radius 3 is 2.81 bits per heavy atom. The molecule has 0 radical (unpaired) electrons. The monoisotopic (exact) mass is 419 g/mol. The van der Waals surface area contributed by atoms with Crippen LogP contribution in [0.3, 0.4) is 0 Å². The summed E-state index contributed by atoms with van der Waals surface area (Å²) in [5.74, 6) is 0.792. The summed E-state index contributed by atoms with van der Waals surface area (Å²) in [6.45, 7) is -0.0752. The summed E-state index contributed by atoms with van der Waals surface area (Å²) in [5.41, 5.74) is 1.73. The number of pyridine rings is 1. The van der Waals surface area contributed by atoms with E-state index in [9.17, 15) is 9.59 Å². The van der Waals surface area contributed by atoms with E-state index in [-0.39, 0.29) is 23.9 Å². The molecule has 0 fully saturated rings. The summed E-state index contributed by atoms with van der Waals surface area (Å²) in [6.07, 6.45) is 0. The molecule has 0 saturated heterocycles. The fourth-order valence-corrected chi connectivity index (χ4v) is 5.03. The zero-order valence-electron chi connectivity index (χ0n) is 14.4. The molecule has 0 bridgehead atoms. The van der Waals surface area contributed by atoms with Crippen LogP contribution < -0.4 is 10.3 Å². The third kappa shape index (κ3) is 3.35. The molecule has 4 rings (SSSR count). The number of thioether (sulfide) groups is 1. The van der Waals surface area contributed by atoms with Gasteiger partial charge in [0.15, 0.2) is 5.78 Å². The SMILES string of the molecule is Cn1c(=O)ccc2c3c(ccc21)SCC3C(=O)COc1ccc(Cl)cc1Cl. The second-order valence-electron chi connectivity index (χ2n) is 6.33. The standard InChI is InChI=1S/C20H15Cl2NO3S/c1-23-15-4-6-18-20(12(15)3-7-19(23)25)13(10-27-18)16(24)9-26-17-5-2-11(21)8-14(17)22/h2-8,13H,9-10H2,1H3. The zero-order valence-corrected chi connectivity index (χ0v) is 16.7. The number of aromatic nitrogens is 1. The topological polar surface area (TPSA) is 48.3 Å². The first-order valence-corrected chi connectivity index (χ1v) is 10.1. The maximum absolute atomic E-state index is 12.9. The molecule has 7 heteroatoms. The molecule has 0 N–H and O–H groups in total. The number of aryl methyl sites for hydroxylation is 1. The molecular weight excluding hydrogens is 405 g/mol. The first-order chi connectivity index (χ1) is 13.0. The Morgan fingerprint density at radius 2 is 2.04 bits per heavy atom. The number of fused-ring (bicyclic) bond motifs is 3. The van der Waals surface area contributed by atoms with Gasteiger partial charge in [-0.1, -0.05) is 23.2 Å². The number of hydrogen-bond donors (Lipinski definition) is 0. The van der Waals surface area contributed by atoms with Crippen molar-refractivity contribution in [3.05, 3.63) is 68.4 Å². The fraction of sp³-hybridized carbons (Fsp3) is 0.200. The number of rotatable bonds is 4. The smallest absolute Gasteiger partial charge is 0.250 e. The number of carbonyl (C=O) groups is 1. The molecule has 27 heavy (non-hydrogen) atoms. The molecule has 2 aromatic carbocycles. The van der Waals surface area contributed by atoms with Crippen molar-refractivity contribution in [1.29, 1.82) is 0 Å². The molecule has 0 aliphatic carbocycles. The van der Waals surface area contributed by atoms with Gasteiger partial charge in [-0.05, 0) is 42.0 Å². The first kappa shape index (κ1) is 18.4. The van der Waals surface area contributed by atoms with E-state index in [1.54, 1.807) is 47.6 Å². The van der Waals surface area contributed by atoms with Gasteiger partial charge in [-0.25, -0.2) is 0 Å². The summed E-state index contributed by atoms with van der Waals surface area (Å²) in [4.78, 5) is 25.9. The molecule has 1 atom stereocenters. The molecule has 1 unspecified atom stereocenters. The lowest BCUT2D eigenvalue weighted by Gasteiger charge is -2.15. The van der Waals surface area contributed by atoms with Crippen LogP contribution in [-0.2, 0) is 11.8 Å². The largest absolute Gasteiger partial charge is 0.484 e. The Morgan fingerprint density at radius 1 is 1.22 bits per heavy atom. The van der Waals surface area contributed by atoms with Crippen LogP contribution in [0.1, 0.15) is 11.5 Å². The molecule has 1 aromatic heterocycles. The van der Waals surface area contributed by atoms with Crippen molar-refractivity contribution in [2.75, 3.05) is 12.4 Å². The van der Waals surface area contributed by atoms with E-state index in [0.717, 1.165) is 21.4 Å². The Hall–Kier alpha value is -1.95. The minimum absolute atomic E-state index is 0.0198. The molecule has 4 nitrogen and oxygen atoms in total. The van der Waals surface area contributed by atoms with Crippen molar-refractivity contribution >= 4 is 51.6 Å². The first-order valence-electron chi connectivity index (χ1n) is 8.31. The van der Waals surface area contributed by atoms with Crippen molar-refractivity contribution in [1.82, 2.24) is 4.57 Å². The number of nitrogens with zero attached hydrogens (tertiary/aromatic N) is 1. The average molecular weight is 420 g/mol. The van der Waals surface area contributed by atoms with Crippen LogP contribution in [-0.4, -0.2) is 22.7 Å². The third-order valence-electron chi connectivity index (χ3n) is 4.72. The number of ketones is 1. The molecule has 0 saturated carbocycles. The average Bonchev–Trinajstić information content (AvgIpc) is 3.08. The summed E-state index contributed by atoms with van der Waals surface area (Å²) in [5, 5.41) is 1.82. The van der Waals surface area contributed by atoms with Gasteiger partial charge < -0.3 is 9.30 Å². The highest BCUT2D eigenvalue weighted by molar-refractivity contribution is 7.99.